The van der Waals surface area contributed by atoms with Gasteiger partial charge in [-0.25, -0.2) is 0 Å². The number of hydrogen-bond donors (Lipinski definition) is 1. The number of benzene rings is 2. The van der Waals surface area contributed by atoms with Crippen LogP contribution in [-0.4, -0.2) is 39.7 Å². The van der Waals surface area contributed by atoms with E-state index in [4.69, 9.17) is 14.2 Å². The minimum absolute atomic E-state index is 0.220. The Morgan fingerprint density at radius 2 is 1.64 bits per heavy atom. The van der Waals surface area contributed by atoms with Crippen molar-refractivity contribution in [1.82, 2.24) is 0 Å². The molecule has 0 amide bonds. The molecule has 148 valence electrons. The Morgan fingerprint density at radius 1 is 0.964 bits per heavy atom. The third-order valence-electron chi connectivity index (χ3n) is 6.58. The number of nitrogens with zero attached hydrogens (tertiary/aromatic N) is 1. The first-order valence-corrected chi connectivity index (χ1v) is 10.3. The van der Waals surface area contributed by atoms with Crippen LogP contribution in [0.4, 0.5) is 5.69 Å². The van der Waals surface area contributed by atoms with Crippen LogP contribution in [0.15, 0.2) is 36.4 Å². The fraction of sp³-hybridized carbons (Fsp3) is 0.478. The largest absolute Gasteiger partial charge is 0.454 e. The van der Waals surface area contributed by atoms with Gasteiger partial charge in [0.15, 0.2) is 11.5 Å². The Morgan fingerprint density at radius 3 is 2.32 bits per heavy atom. The number of hydrogen-bond acceptors (Lipinski definition) is 4. The first-order chi connectivity index (χ1) is 13.5. The Labute approximate surface area is 166 Å². The Bertz CT molecular complexity index is 874. The lowest BCUT2D eigenvalue weighted by atomic mass is 9.81. The number of likely N-dealkylation sites (tertiary alicyclic amines) is 1. The molecular formula is C23H29N2O3+. The van der Waals surface area contributed by atoms with Crippen LogP contribution >= 0.6 is 0 Å². The molecule has 1 fully saturated rings. The summed E-state index contributed by atoms with van der Waals surface area (Å²) < 4.78 is 17.9. The van der Waals surface area contributed by atoms with Crippen molar-refractivity contribution in [2.45, 2.75) is 37.8 Å². The van der Waals surface area contributed by atoms with Crippen molar-refractivity contribution >= 4 is 5.69 Å². The predicted molar refractivity (Wildman–Crippen MR) is 109 cm³/mol. The predicted octanol–water partition coefficient (Wildman–Crippen LogP) is 2.79. The lowest BCUT2D eigenvalue weighted by Gasteiger charge is -2.42. The average molecular weight is 381 g/mol. The maximum absolute atomic E-state index is 6.66. The highest BCUT2D eigenvalue weighted by atomic mass is 16.7. The molecule has 3 aliphatic rings. The van der Waals surface area contributed by atoms with Gasteiger partial charge >= 0.3 is 0 Å². The quantitative estimate of drug-likeness (QED) is 0.887. The van der Waals surface area contributed by atoms with E-state index in [-0.39, 0.29) is 18.4 Å². The molecule has 3 heterocycles. The molecule has 2 atom stereocenters. The van der Waals surface area contributed by atoms with E-state index in [1.165, 1.54) is 42.7 Å². The summed E-state index contributed by atoms with van der Waals surface area (Å²) in [6.45, 7) is 4.93. The zero-order valence-corrected chi connectivity index (χ0v) is 17.0. The monoisotopic (exact) mass is 381 g/mol. The van der Waals surface area contributed by atoms with Gasteiger partial charge in [-0.15, -0.1) is 0 Å². The second-order valence-electron chi connectivity index (χ2n) is 8.63. The highest BCUT2D eigenvalue weighted by molar-refractivity contribution is 5.57. The molecule has 2 aromatic carbocycles. The molecule has 1 N–H and O–H groups in total. The number of nitrogens with one attached hydrogen (secondary N) is 1. The molecule has 0 unspecified atom stereocenters. The molecule has 0 aromatic heterocycles. The standard InChI is InChI=1S/C23H28N2O3/c1-23(25-10-4-5-11-25)14-19(16-6-8-17(9-7-16)24(2)3)18-12-21-22(27-15-26-21)13-20(18)28-23/h6-9,12-13,19H,4-5,10-11,14-15H2,1-3H3/p+1/t19-,23+/m0/s1. The number of ether oxygens (including phenoxy) is 3. The Hall–Kier alpha value is -2.40. The molecule has 5 heteroatoms. The molecule has 28 heavy (non-hydrogen) atoms. The van der Waals surface area contributed by atoms with Gasteiger partial charge in [-0.05, 0) is 23.8 Å². The smallest absolute Gasteiger partial charge is 0.239 e. The number of fused-ring (bicyclic) bond motifs is 2. The van der Waals surface area contributed by atoms with E-state index in [0.717, 1.165) is 23.7 Å². The van der Waals surface area contributed by atoms with Crippen LogP contribution in [0.2, 0.25) is 0 Å². The van der Waals surface area contributed by atoms with Crippen LogP contribution in [0, 0.1) is 0 Å². The van der Waals surface area contributed by atoms with E-state index in [1.807, 2.05) is 6.07 Å². The maximum Gasteiger partial charge on any atom is 0.239 e. The second kappa shape index (κ2) is 6.59. The van der Waals surface area contributed by atoms with Crippen molar-refractivity contribution in [3.05, 3.63) is 47.5 Å². The summed E-state index contributed by atoms with van der Waals surface area (Å²) in [5.74, 6) is 2.85. The third-order valence-corrected chi connectivity index (χ3v) is 6.58. The zero-order chi connectivity index (χ0) is 19.3. The highest BCUT2D eigenvalue weighted by Crippen LogP contribution is 2.48. The molecule has 0 radical (unpaired) electrons. The van der Waals surface area contributed by atoms with E-state index in [2.05, 4.69) is 56.3 Å². The van der Waals surface area contributed by atoms with Crippen molar-refractivity contribution in [2.75, 3.05) is 38.9 Å². The molecule has 5 rings (SSSR count). The van der Waals surface area contributed by atoms with Crippen LogP contribution in [0.1, 0.15) is 43.2 Å². The Kier molecular flexibility index (Phi) is 4.16. The first-order valence-electron chi connectivity index (χ1n) is 10.3. The van der Waals surface area contributed by atoms with E-state index < -0.39 is 0 Å². The van der Waals surface area contributed by atoms with Gasteiger partial charge in [0, 0.05) is 57.1 Å². The normalized spacial score (nSPS) is 26.0. The molecule has 5 nitrogen and oxygen atoms in total. The summed E-state index contributed by atoms with van der Waals surface area (Å²) in [5, 5.41) is 0. The van der Waals surface area contributed by atoms with Gasteiger partial charge in [-0.3, -0.25) is 4.90 Å². The molecule has 0 saturated carbocycles. The van der Waals surface area contributed by atoms with E-state index in [0.29, 0.717) is 0 Å². The molecule has 0 spiro atoms. The second-order valence-corrected chi connectivity index (χ2v) is 8.63. The lowest BCUT2D eigenvalue weighted by Crippen LogP contribution is -3.19. The van der Waals surface area contributed by atoms with Crippen LogP contribution in [-0.2, 0) is 0 Å². The minimum Gasteiger partial charge on any atom is -0.454 e. The van der Waals surface area contributed by atoms with E-state index in [9.17, 15) is 0 Å². The van der Waals surface area contributed by atoms with Crippen molar-refractivity contribution in [3.8, 4) is 17.2 Å². The van der Waals surface area contributed by atoms with Gasteiger partial charge in [0.25, 0.3) is 0 Å². The first kappa shape index (κ1) is 17.7. The van der Waals surface area contributed by atoms with Crippen LogP contribution in [0.25, 0.3) is 0 Å². The molecule has 3 aliphatic heterocycles. The number of anilines is 1. The number of quaternary nitrogens is 1. The summed E-state index contributed by atoms with van der Waals surface area (Å²) in [6, 6.07) is 13.1. The van der Waals surface area contributed by atoms with Gasteiger partial charge in [-0.1, -0.05) is 12.1 Å². The molecule has 2 aromatic rings. The van der Waals surface area contributed by atoms with Crippen molar-refractivity contribution in [1.29, 1.82) is 0 Å². The fourth-order valence-electron chi connectivity index (χ4n) is 4.93. The van der Waals surface area contributed by atoms with Gasteiger partial charge in [0.2, 0.25) is 12.5 Å². The van der Waals surface area contributed by atoms with E-state index >= 15 is 0 Å². The van der Waals surface area contributed by atoms with Gasteiger partial charge in [-0.2, -0.15) is 0 Å². The molecule has 1 saturated heterocycles. The SMILES string of the molecule is CN(C)c1ccc([C@@H]2C[C@](C)([NH+]3CCCC3)Oc3cc4c(cc32)OCO4)cc1. The summed E-state index contributed by atoms with van der Waals surface area (Å²) >= 11 is 0. The Balaban J connectivity index is 1.58. The third kappa shape index (κ3) is 2.89. The fourth-order valence-corrected chi connectivity index (χ4v) is 4.93. The van der Waals surface area contributed by atoms with Crippen molar-refractivity contribution in [2.24, 2.45) is 0 Å². The van der Waals surface area contributed by atoms with Crippen LogP contribution < -0.4 is 24.0 Å². The van der Waals surface area contributed by atoms with Crippen molar-refractivity contribution < 1.29 is 19.1 Å². The van der Waals surface area contributed by atoms with E-state index in [1.54, 1.807) is 4.90 Å². The summed E-state index contributed by atoms with van der Waals surface area (Å²) in [4.78, 5) is 3.70. The van der Waals surface area contributed by atoms with Gasteiger partial charge < -0.3 is 19.1 Å². The van der Waals surface area contributed by atoms with Crippen molar-refractivity contribution in [3.63, 3.8) is 0 Å². The topological polar surface area (TPSA) is 35.4 Å². The number of rotatable bonds is 3. The van der Waals surface area contributed by atoms with Crippen LogP contribution in [0.3, 0.4) is 0 Å². The molecule has 0 bridgehead atoms. The minimum atomic E-state index is -0.220. The van der Waals surface area contributed by atoms with Crippen LogP contribution in [0.5, 0.6) is 17.2 Å². The summed E-state index contributed by atoms with van der Waals surface area (Å²) in [6.07, 6.45) is 3.53. The van der Waals surface area contributed by atoms with Gasteiger partial charge in [0.1, 0.15) is 5.75 Å². The zero-order valence-electron chi connectivity index (χ0n) is 17.0. The highest BCUT2D eigenvalue weighted by Gasteiger charge is 2.47. The average Bonchev–Trinajstić information content (AvgIpc) is 3.38. The van der Waals surface area contributed by atoms with Gasteiger partial charge in [0.05, 0.1) is 19.5 Å². The summed E-state index contributed by atoms with van der Waals surface area (Å²) in [7, 11) is 4.15. The lowest BCUT2D eigenvalue weighted by molar-refractivity contribution is -0.962. The molecular weight excluding hydrogens is 352 g/mol. The molecule has 0 aliphatic carbocycles. The maximum atomic E-state index is 6.66. The summed E-state index contributed by atoms with van der Waals surface area (Å²) in [5.41, 5.74) is 3.54.